The molecule has 0 aliphatic carbocycles. The molecule has 3 rings (SSSR count). The average Bonchev–Trinajstić information content (AvgIpc) is 2.85. The molecule has 1 aromatic rings. The fourth-order valence-corrected chi connectivity index (χ4v) is 6.33. The SMILES string of the molecule is CC(C)(C)OC(=O)N1CCCC(C(=O)N2CCC(c3ccccc3Cl)S(=O)(=O)CC2)C1. The van der Waals surface area contributed by atoms with Gasteiger partial charge < -0.3 is 14.5 Å². The first-order valence-electron chi connectivity index (χ1n) is 10.7. The molecule has 0 saturated carbocycles. The number of hydrogen-bond donors (Lipinski definition) is 0. The normalized spacial score (nSPS) is 24.4. The number of halogens is 1. The third kappa shape index (κ3) is 5.92. The van der Waals surface area contributed by atoms with E-state index in [0.29, 0.717) is 49.5 Å². The minimum atomic E-state index is -3.44. The number of carbonyl (C=O) groups is 2. The molecular weight excluding hydrogens is 440 g/mol. The number of carbonyl (C=O) groups excluding carboxylic acids is 2. The van der Waals surface area contributed by atoms with Gasteiger partial charge in [-0.05, 0) is 51.7 Å². The van der Waals surface area contributed by atoms with Gasteiger partial charge in [-0.3, -0.25) is 4.79 Å². The molecule has 2 saturated heterocycles. The smallest absolute Gasteiger partial charge is 0.410 e. The third-order valence-electron chi connectivity index (χ3n) is 5.73. The van der Waals surface area contributed by atoms with Gasteiger partial charge in [-0.25, -0.2) is 13.2 Å². The zero-order chi connectivity index (χ0) is 22.8. The van der Waals surface area contributed by atoms with Crippen LogP contribution < -0.4 is 0 Å². The number of amides is 2. The van der Waals surface area contributed by atoms with Crippen LogP contribution in [0.2, 0.25) is 5.02 Å². The van der Waals surface area contributed by atoms with E-state index in [9.17, 15) is 18.0 Å². The van der Waals surface area contributed by atoms with Crippen molar-refractivity contribution >= 4 is 33.4 Å². The van der Waals surface area contributed by atoms with Crippen molar-refractivity contribution in [2.24, 2.45) is 5.92 Å². The van der Waals surface area contributed by atoms with E-state index in [1.54, 1.807) is 34.1 Å². The number of hydrogen-bond acceptors (Lipinski definition) is 5. The number of rotatable bonds is 2. The van der Waals surface area contributed by atoms with Gasteiger partial charge in [0.15, 0.2) is 9.84 Å². The van der Waals surface area contributed by atoms with E-state index >= 15 is 0 Å². The van der Waals surface area contributed by atoms with Gasteiger partial charge in [0.25, 0.3) is 0 Å². The Hall–Kier alpha value is -1.80. The van der Waals surface area contributed by atoms with Gasteiger partial charge >= 0.3 is 6.09 Å². The maximum Gasteiger partial charge on any atom is 0.410 e. The van der Waals surface area contributed by atoms with Crippen molar-refractivity contribution in [3.8, 4) is 0 Å². The molecule has 0 bridgehead atoms. The lowest BCUT2D eigenvalue weighted by Crippen LogP contribution is -2.48. The summed E-state index contributed by atoms with van der Waals surface area (Å²) in [6.45, 7) is 6.79. The maximum atomic E-state index is 13.2. The Bertz CT molecular complexity index is 928. The number of nitrogens with zero attached hydrogens (tertiary/aromatic N) is 2. The molecule has 0 spiro atoms. The highest BCUT2D eigenvalue weighted by Gasteiger charge is 2.37. The number of likely N-dealkylation sites (tertiary alicyclic amines) is 1. The van der Waals surface area contributed by atoms with E-state index in [-0.39, 0.29) is 24.1 Å². The number of ether oxygens (including phenoxy) is 1. The average molecular weight is 471 g/mol. The second-order valence-electron chi connectivity index (χ2n) is 9.26. The van der Waals surface area contributed by atoms with Crippen molar-refractivity contribution in [2.75, 3.05) is 31.9 Å². The summed E-state index contributed by atoms with van der Waals surface area (Å²) in [6.07, 6.45) is 1.28. The zero-order valence-electron chi connectivity index (χ0n) is 18.3. The van der Waals surface area contributed by atoms with Gasteiger partial charge in [0.05, 0.1) is 16.9 Å². The van der Waals surface area contributed by atoms with Crippen LogP contribution in [0.5, 0.6) is 0 Å². The van der Waals surface area contributed by atoms with Gasteiger partial charge in [-0.2, -0.15) is 0 Å². The Morgan fingerprint density at radius 2 is 1.77 bits per heavy atom. The minimum absolute atomic E-state index is 0.0942. The van der Waals surface area contributed by atoms with Crippen molar-refractivity contribution in [2.45, 2.75) is 50.9 Å². The molecule has 9 heteroatoms. The van der Waals surface area contributed by atoms with Crippen molar-refractivity contribution in [3.63, 3.8) is 0 Å². The highest BCUT2D eigenvalue weighted by molar-refractivity contribution is 7.91. The van der Waals surface area contributed by atoms with E-state index < -0.39 is 26.8 Å². The highest BCUT2D eigenvalue weighted by Crippen LogP contribution is 2.34. The molecule has 31 heavy (non-hydrogen) atoms. The van der Waals surface area contributed by atoms with Gasteiger partial charge in [0.2, 0.25) is 5.91 Å². The number of benzene rings is 1. The maximum absolute atomic E-state index is 13.2. The Kier molecular flexibility index (Phi) is 7.21. The van der Waals surface area contributed by atoms with E-state index in [1.165, 1.54) is 0 Å². The van der Waals surface area contributed by atoms with Crippen LogP contribution >= 0.6 is 11.6 Å². The van der Waals surface area contributed by atoms with E-state index in [0.717, 1.165) is 0 Å². The fourth-order valence-electron chi connectivity index (χ4n) is 4.18. The van der Waals surface area contributed by atoms with Gasteiger partial charge in [-0.1, -0.05) is 29.8 Å². The molecule has 172 valence electrons. The second kappa shape index (κ2) is 9.36. The minimum Gasteiger partial charge on any atom is -0.444 e. The largest absolute Gasteiger partial charge is 0.444 e. The monoisotopic (exact) mass is 470 g/mol. The summed E-state index contributed by atoms with van der Waals surface area (Å²) < 4.78 is 31.3. The molecule has 0 aromatic heterocycles. The molecule has 2 heterocycles. The molecule has 2 aliphatic rings. The van der Waals surface area contributed by atoms with Crippen molar-refractivity contribution < 1.29 is 22.7 Å². The van der Waals surface area contributed by atoms with E-state index in [1.807, 2.05) is 20.8 Å². The standard InChI is InChI=1S/C22H31ClN2O5S/c1-22(2,3)30-21(27)25-11-6-7-16(15-25)20(26)24-12-10-19(31(28,29)14-13-24)17-8-4-5-9-18(17)23/h4-5,8-9,16,19H,6-7,10-15H2,1-3H3. The molecule has 0 radical (unpaired) electrons. The summed E-state index contributed by atoms with van der Waals surface area (Å²) in [6, 6.07) is 6.97. The fraction of sp³-hybridized carbons (Fsp3) is 0.636. The van der Waals surface area contributed by atoms with Crippen LogP contribution in [-0.4, -0.2) is 67.8 Å². The van der Waals surface area contributed by atoms with E-state index in [4.69, 9.17) is 16.3 Å². The van der Waals surface area contributed by atoms with Crippen molar-refractivity contribution in [1.29, 1.82) is 0 Å². The van der Waals surface area contributed by atoms with E-state index in [2.05, 4.69) is 0 Å². The van der Waals surface area contributed by atoms with Crippen LogP contribution in [0.1, 0.15) is 50.8 Å². The van der Waals surface area contributed by atoms with Crippen LogP contribution in [0.15, 0.2) is 24.3 Å². The summed E-state index contributed by atoms with van der Waals surface area (Å²) in [5.41, 5.74) is -0.00629. The molecule has 2 fully saturated rings. The van der Waals surface area contributed by atoms with Crippen molar-refractivity contribution in [3.05, 3.63) is 34.9 Å². The summed E-state index contributed by atoms with van der Waals surface area (Å²) in [7, 11) is -3.44. The Morgan fingerprint density at radius 3 is 2.45 bits per heavy atom. The number of sulfone groups is 1. The second-order valence-corrected chi connectivity index (χ2v) is 12.0. The molecule has 2 aliphatic heterocycles. The molecule has 7 nitrogen and oxygen atoms in total. The molecule has 0 N–H and O–H groups in total. The Morgan fingerprint density at radius 1 is 1.06 bits per heavy atom. The molecular formula is C22H31ClN2O5S. The van der Waals surface area contributed by atoms with Crippen LogP contribution in [0.4, 0.5) is 4.79 Å². The van der Waals surface area contributed by atoms with Gasteiger partial charge in [0, 0.05) is 31.2 Å². The quantitative estimate of drug-likeness (QED) is 0.658. The van der Waals surface area contributed by atoms with Gasteiger partial charge in [0.1, 0.15) is 5.60 Å². The summed E-state index contributed by atoms with van der Waals surface area (Å²) in [5, 5.41) is -0.292. The first-order chi connectivity index (χ1) is 14.5. The molecule has 1 aromatic carbocycles. The summed E-state index contributed by atoms with van der Waals surface area (Å²) in [4.78, 5) is 28.8. The Labute approximate surface area is 189 Å². The lowest BCUT2D eigenvalue weighted by atomic mass is 9.96. The summed E-state index contributed by atoms with van der Waals surface area (Å²) >= 11 is 6.26. The van der Waals surface area contributed by atoms with Crippen LogP contribution in [0, 0.1) is 5.92 Å². The molecule has 2 amide bonds. The van der Waals surface area contributed by atoms with Crippen LogP contribution in [0.25, 0.3) is 0 Å². The van der Waals surface area contributed by atoms with Gasteiger partial charge in [-0.15, -0.1) is 0 Å². The first-order valence-corrected chi connectivity index (χ1v) is 12.8. The lowest BCUT2D eigenvalue weighted by molar-refractivity contribution is -0.136. The van der Waals surface area contributed by atoms with Crippen LogP contribution in [0.3, 0.4) is 0 Å². The molecule has 2 unspecified atom stereocenters. The zero-order valence-corrected chi connectivity index (χ0v) is 19.9. The predicted octanol–water partition coefficient (Wildman–Crippen LogP) is 3.68. The first kappa shape index (κ1) is 23.9. The van der Waals surface area contributed by atoms with Crippen LogP contribution in [-0.2, 0) is 19.4 Å². The topological polar surface area (TPSA) is 84.0 Å². The molecule has 2 atom stereocenters. The van der Waals surface area contributed by atoms with Crippen molar-refractivity contribution in [1.82, 2.24) is 9.80 Å². The highest BCUT2D eigenvalue weighted by atomic mass is 35.5. The predicted molar refractivity (Wildman–Crippen MR) is 120 cm³/mol. The lowest BCUT2D eigenvalue weighted by Gasteiger charge is -2.35. The summed E-state index contributed by atoms with van der Waals surface area (Å²) in [5.74, 6) is -0.541. The number of piperidine rings is 1. The third-order valence-corrected chi connectivity index (χ3v) is 8.18. The Balaban J connectivity index is 1.69.